The first-order chi connectivity index (χ1) is 17.5. The molecule has 208 valence electrons. The van der Waals surface area contributed by atoms with Crippen molar-refractivity contribution in [1.29, 1.82) is 0 Å². The largest absolute Gasteiger partial charge is 0.481 e. The predicted octanol–water partition coefficient (Wildman–Crippen LogP) is -1.63. The molecule has 0 aromatic rings. The summed E-state index contributed by atoms with van der Waals surface area (Å²) in [6.07, 6.45) is 2.64. The van der Waals surface area contributed by atoms with E-state index in [2.05, 4.69) is 10.6 Å². The summed E-state index contributed by atoms with van der Waals surface area (Å²) in [5.41, 5.74) is 5.60. The van der Waals surface area contributed by atoms with Crippen LogP contribution in [0.1, 0.15) is 58.8 Å². The molecule has 6 N–H and O–H groups in total. The van der Waals surface area contributed by atoms with Gasteiger partial charge in [-0.2, -0.15) is 0 Å². The summed E-state index contributed by atoms with van der Waals surface area (Å²) in [6, 6.07) is -4.71. The van der Waals surface area contributed by atoms with E-state index in [1.54, 1.807) is 6.92 Å². The minimum absolute atomic E-state index is 0.0567. The minimum atomic E-state index is -1.18. The van der Waals surface area contributed by atoms with Crippen LogP contribution >= 0.6 is 0 Å². The molecule has 0 saturated carbocycles. The van der Waals surface area contributed by atoms with Crippen molar-refractivity contribution in [1.82, 2.24) is 20.4 Å². The van der Waals surface area contributed by atoms with Crippen LogP contribution in [0.25, 0.3) is 0 Å². The van der Waals surface area contributed by atoms with E-state index >= 15 is 0 Å². The van der Waals surface area contributed by atoms with Gasteiger partial charge < -0.3 is 41.2 Å². The Morgan fingerprint density at radius 2 is 1.68 bits per heavy atom. The van der Waals surface area contributed by atoms with Gasteiger partial charge in [-0.15, -0.1) is 0 Å². The van der Waals surface area contributed by atoms with Crippen LogP contribution in [0.15, 0.2) is 0 Å². The number of amides is 4. The lowest BCUT2D eigenvalue weighted by Crippen LogP contribution is -2.59. The quantitative estimate of drug-likeness (QED) is 0.175. The lowest BCUT2D eigenvalue weighted by Gasteiger charge is -2.34. The molecule has 4 amide bonds. The first-order valence-corrected chi connectivity index (χ1v) is 12.8. The lowest BCUT2D eigenvalue weighted by molar-refractivity contribution is -0.148. The Hall–Kier alpha value is -3.06. The van der Waals surface area contributed by atoms with Gasteiger partial charge in [0.1, 0.15) is 30.5 Å². The molecule has 6 atom stereocenters. The molecule has 0 radical (unpaired) electrons. The van der Waals surface area contributed by atoms with Crippen LogP contribution in [0, 0.1) is 5.92 Å². The Labute approximate surface area is 216 Å². The smallest absolute Gasteiger partial charge is 0.303 e. The summed E-state index contributed by atoms with van der Waals surface area (Å²) in [5.74, 6) is -3.33. The fourth-order valence-corrected chi connectivity index (χ4v) is 4.72. The van der Waals surface area contributed by atoms with Gasteiger partial charge in [0.15, 0.2) is 0 Å². The second kappa shape index (κ2) is 14.0. The second-order valence-electron chi connectivity index (χ2n) is 9.72. The maximum atomic E-state index is 13.6. The first kappa shape index (κ1) is 30.2. The van der Waals surface area contributed by atoms with E-state index in [-0.39, 0.29) is 24.7 Å². The number of carboxylic acids is 1. The van der Waals surface area contributed by atoms with Crippen LogP contribution < -0.4 is 16.4 Å². The van der Waals surface area contributed by atoms with Gasteiger partial charge in [-0.3, -0.25) is 24.0 Å². The summed E-state index contributed by atoms with van der Waals surface area (Å²) in [4.78, 5) is 77.2. The average Bonchev–Trinajstić information content (AvgIpc) is 3.57. The molecular formula is C24H39N5O8. The molecule has 2 rings (SSSR count). The highest BCUT2D eigenvalue weighted by Crippen LogP contribution is 2.27. The number of nitrogens with one attached hydrogen (secondary N) is 2. The number of aliphatic carboxylic acids is 1. The van der Waals surface area contributed by atoms with Gasteiger partial charge in [-0.05, 0) is 38.0 Å². The van der Waals surface area contributed by atoms with Crippen molar-refractivity contribution >= 4 is 35.9 Å². The predicted molar refractivity (Wildman–Crippen MR) is 131 cm³/mol. The number of nitrogens with zero attached hydrogens (tertiary/aromatic N) is 2. The van der Waals surface area contributed by atoms with E-state index < -0.39 is 60.5 Å². The highest BCUT2D eigenvalue weighted by molar-refractivity contribution is 5.96. The number of likely N-dealkylation sites (tertiary alicyclic amines) is 2. The van der Waals surface area contributed by atoms with Crippen LogP contribution in [0.3, 0.4) is 0 Å². The Balaban J connectivity index is 2.14. The van der Waals surface area contributed by atoms with Crippen molar-refractivity contribution in [3.05, 3.63) is 0 Å². The maximum Gasteiger partial charge on any atom is 0.303 e. The standard InChI is InChI=1S/C24H39N5O8/c1-3-14(2)20(27-21(34)16(25)13-31)24(37)29-11-5-7-18(29)23(36)28-10-4-6-17(28)22(35)26-15(12-30)8-9-19(32)33/h12,14-18,20,31H,3-11,13,25H2,1-2H3,(H,26,35)(H,27,34)(H,32,33)/t14-,15-,16-,17-,18-,20-/m0/s1. The minimum Gasteiger partial charge on any atom is -0.481 e. The van der Waals surface area contributed by atoms with E-state index in [1.165, 1.54) is 9.80 Å². The number of aldehydes is 1. The molecule has 0 aromatic carbocycles. The van der Waals surface area contributed by atoms with Gasteiger partial charge in [-0.25, -0.2) is 0 Å². The molecule has 2 aliphatic heterocycles. The molecule has 13 heteroatoms. The highest BCUT2D eigenvalue weighted by Gasteiger charge is 2.44. The number of hydrogen-bond donors (Lipinski definition) is 5. The monoisotopic (exact) mass is 525 g/mol. The van der Waals surface area contributed by atoms with Crippen LogP contribution in [0.5, 0.6) is 0 Å². The molecule has 13 nitrogen and oxygen atoms in total. The zero-order valence-electron chi connectivity index (χ0n) is 21.4. The molecular weight excluding hydrogens is 486 g/mol. The molecule has 37 heavy (non-hydrogen) atoms. The highest BCUT2D eigenvalue weighted by atomic mass is 16.4. The molecule has 0 spiro atoms. The van der Waals surface area contributed by atoms with Gasteiger partial charge in [0.25, 0.3) is 0 Å². The van der Waals surface area contributed by atoms with Gasteiger partial charge in [-0.1, -0.05) is 20.3 Å². The number of carbonyl (C=O) groups excluding carboxylic acids is 5. The third kappa shape index (κ3) is 7.71. The van der Waals surface area contributed by atoms with E-state index in [4.69, 9.17) is 10.8 Å². The molecule has 2 fully saturated rings. The molecule has 0 bridgehead atoms. The number of aliphatic hydroxyl groups is 1. The summed E-state index contributed by atoms with van der Waals surface area (Å²) < 4.78 is 0. The van der Waals surface area contributed by atoms with E-state index in [1.807, 2.05) is 6.92 Å². The fraction of sp³-hybridized carbons (Fsp3) is 0.750. The van der Waals surface area contributed by atoms with Crippen molar-refractivity contribution in [3.63, 3.8) is 0 Å². The van der Waals surface area contributed by atoms with Crippen molar-refractivity contribution in [2.24, 2.45) is 11.7 Å². The van der Waals surface area contributed by atoms with Crippen molar-refractivity contribution in [2.45, 2.75) is 89.0 Å². The number of carboxylic acid groups (broad SMARTS) is 1. The fourth-order valence-electron chi connectivity index (χ4n) is 4.72. The maximum absolute atomic E-state index is 13.6. The van der Waals surface area contributed by atoms with Crippen LogP contribution in [0.2, 0.25) is 0 Å². The van der Waals surface area contributed by atoms with Crippen LogP contribution in [0.4, 0.5) is 0 Å². The van der Waals surface area contributed by atoms with Crippen LogP contribution in [-0.2, 0) is 28.8 Å². The normalized spacial score (nSPS) is 22.6. The number of carbonyl (C=O) groups is 6. The zero-order chi connectivity index (χ0) is 27.7. The number of rotatable bonds is 13. The molecule has 0 aliphatic carbocycles. The topological polar surface area (TPSA) is 199 Å². The SMILES string of the molecule is CC[C@H](C)[C@H](NC(=O)[C@@H](N)CO)C(=O)N1CCC[C@H]1C(=O)N1CCC[C@H]1C(=O)N[C@H](C=O)CCC(=O)O. The van der Waals surface area contributed by atoms with Gasteiger partial charge in [0.05, 0.1) is 12.6 Å². The Kier molecular flexibility index (Phi) is 11.4. The average molecular weight is 526 g/mol. The third-order valence-electron chi connectivity index (χ3n) is 7.13. The second-order valence-corrected chi connectivity index (χ2v) is 9.72. The third-order valence-corrected chi connectivity index (χ3v) is 7.13. The molecule has 2 aliphatic rings. The summed E-state index contributed by atoms with van der Waals surface area (Å²) in [6.45, 7) is 3.73. The number of nitrogens with two attached hydrogens (primary N) is 1. The summed E-state index contributed by atoms with van der Waals surface area (Å²) in [5, 5.41) is 23.2. The lowest BCUT2D eigenvalue weighted by atomic mass is 9.97. The molecule has 2 heterocycles. The van der Waals surface area contributed by atoms with Gasteiger partial charge in [0.2, 0.25) is 23.6 Å². The Bertz CT molecular complexity index is 868. The van der Waals surface area contributed by atoms with Gasteiger partial charge in [0, 0.05) is 19.5 Å². The summed E-state index contributed by atoms with van der Waals surface area (Å²) in [7, 11) is 0. The zero-order valence-corrected chi connectivity index (χ0v) is 21.4. The van der Waals surface area contributed by atoms with Crippen molar-refractivity contribution < 1.29 is 39.0 Å². The van der Waals surface area contributed by atoms with E-state index in [0.29, 0.717) is 51.5 Å². The van der Waals surface area contributed by atoms with E-state index in [0.717, 1.165) is 0 Å². The molecule has 0 unspecified atom stereocenters. The Morgan fingerprint density at radius 1 is 1.05 bits per heavy atom. The molecule has 0 aromatic heterocycles. The van der Waals surface area contributed by atoms with Gasteiger partial charge >= 0.3 is 5.97 Å². The summed E-state index contributed by atoms with van der Waals surface area (Å²) >= 11 is 0. The Morgan fingerprint density at radius 3 is 2.24 bits per heavy atom. The van der Waals surface area contributed by atoms with Crippen molar-refractivity contribution in [2.75, 3.05) is 19.7 Å². The van der Waals surface area contributed by atoms with E-state index in [9.17, 15) is 33.9 Å². The first-order valence-electron chi connectivity index (χ1n) is 12.8. The number of hydrogen-bond acceptors (Lipinski definition) is 8. The number of aliphatic hydroxyl groups excluding tert-OH is 1. The van der Waals surface area contributed by atoms with Crippen LogP contribution in [-0.4, -0.2) is 106 Å². The molecule has 2 saturated heterocycles. The van der Waals surface area contributed by atoms with Crippen molar-refractivity contribution in [3.8, 4) is 0 Å².